The average molecular weight is 597 g/mol. The molecule has 228 valence electrons. The Morgan fingerprint density at radius 3 is 2.07 bits per heavy atom. The van der Waals surface area contributed by atoms with Gasteiger partial charge in [0.05, 0.1) is 12.1 Å². The SMILES string of the molecule is CC.CCOC.CNc1nc(C(=O)NCC(O)C(O)C(C)NC(=O)c2ccccc2)cs1.Cc1cc(F)cc(F)c1. The molecule has 3 unspecified atom stereocenters. The number of hydrogen-bond acceptors (Lipinski definition) is 8. The zero-order chi connectivity index (χ0) is 31.4. The maximum absolute atomic E-state index is 12.2. The zero-order valence-corrected chi connectivity index (χ0v) is 25.4. The van der Waals surface area contributed by atoms with Gasteiger partial charge in [-0.25, -0.2) is 13.8 Å². The number of aliphatic hydroxyl groups excluding tert-OH is 2. The Morgan fingerprint density at radius 1 is 1.05 bits per heavy atom. The summed E-state index contributed by atoms with van der Waals surface area (Å²) in [5.41, 5.74) is 1.29. The number of nitrogens with one attached hydrogen (secondary N) is 3. The molecule has 1 aromatic heterocycles. The lowest BCUT2D eigenvalue weighted by molar-refractivity contribution is 0.00174. The summed E-state index contributed by atoms with van der Waals surface area (Å²) in [6, 6.07) is 11.3. The first-order valence-corrected chi connectivity index (χ1v) is 13.9. The van der Waals surface area contributed by atoms with Gasteiger partial charge in [0, 0.05) is 44.3 Å². The van der Waals surface area contributed by atoms with Crippen LogP contribution in [0.2, 0.25) is 0 Å². The number of benzene rings is 2. The van der Waals surface area contributed by atoms with Crippen LogP contribution in [-0.4, -0.2) is 72.6 Å². The lowest BCUT2D eigenvalue weighted by Gasteiger charge is -2.25. The van der Waals surface area contributed by atoms with Crippen molar-refractivity contribution in [3.63, 3.8) is 0 Å². The predicted molar refractivity (Wildman–Crippen MR) is 159 cm³/mol. The van der Waals surface area contributed by atoms with Crippen LogP contribution in [0, 0.1) is 18.6 Å². The molecule has 9 nitrogen and oxygen atoms in total. The van der Waals surface area contributed by atoms with Crippen LogP contribution >= 0.6 is 11.3 Å². The van der Waals surface area contributed by atoms with E-state index in [9.17, 15) is 28.6 Å². The number of aryl methyl sites for hydroxylation is 1. The van der Waals surface area contributed by atoms with E-state index < -0.39 is 35.8 Å². The van der Waals surface area contributed by atoms with Crippen molar-refractivity contribution in [1.82, 2.24) is 15.6 Å². The molecule has 0 spiro atoms. The summed E-state index contributed by atoms with van der Waals surface area (Å²) in [6.07, 6.45) is -2.49. The average Bonchev–Trinajstić information content (AvgIpc) is 3.46. The summed E-state index contributed by atoms with van der Waals surface area (Å²) < 4.78 is 28.9. The van der Waals surface area contributed by atoms with Crippen LogP contribution in [0.4, 0.5) is 13.9 Å². The molecule has 3 atom stereocenters. The van der Waals surface area contributed by atoms with Crippen molar-refractivity contribution in [2.45, 2.75) is 52.9 Å². The third-order valence-electron chi connectivity index (χ3n) is 5.02. The summed E-state index contributed by atoms with van der Waals surface area (Å²) in [5.74, 6) is -1.84. The fraction of sp³-hybridized carbons (Fsp3) is 0.414. The molecule has 3 aromatic rings. The molecule has 2 aromatic carbocycles. The third-order valence-corrected chi connectivity index (χ3v) is 5.88. The highest BCUT2D eigenvalue weighted by atomic mass is 32.1. The van der Waals surface area contributed by atoms with Crippen molar-refractivity contribution < 1.29 is 33.3 Å². The molecule has 0 aliphatic heterocycles. The van der Waals surface area contributed by atoms with Crippen LogP contribution in [-0.2, 0) is 4.74 Å². The fourth-order valence-electron chi connectivity index (χ4n) is 2.89. The van der Waals surface area contributed by atoms with Gasteiger partial charge in [-0.05, 0) is 50.6 Å². The lowest BCUT2D eigenvalue weighted by atomic mass is 10.1. The van der Waals surface area contributed by atoms with Crippen molar-refractivity contribution in [3.8, 4) is 0 Å². The Morgan fingerprint density at radius 2 is 1.61 bits per heavy atom. The first-order valence-electron chi connectivity index (χ1n) is 13.1. The smallest absolute Gasteiger partial charge is 0.270 e. The van der Waals surface area contributed by atoms with Crippen molar-refractivity contribution in [1.29, 1.82) is 0 Å². The van der Waals surface area contributed by atoms with Crippen molar-refractivity contribution in [3.05, 3.63) is 82.4 Å². The zero-order valence-electron chi connectivity index (χ0n) is 24.6. The topological polar surface area (TPSA) is 133 Å². The molecular weight excluding hydrogens is 554 g/mol. The van der Waals surface area contributed by atoms with Gasteiger partial charge >= 0.3 is 0 Å². The second-order valence-corrected chi connectivity index (χ2v) is 9.07. The van der Waals surface area contributed by atoms with Crippen molar-refractivity contribution >= 4 is 28.3 Å². The van der Waals surface area contributed by atoms with Crippen LogP contribution in [0.15, 0.2) is 53.9 Å². The second-order valence-electron chi connectivity index (χ2n) is 8.21. The molecule has 3 rings (SSSR count). The van der Waals surface area contributed by atoms with E-state index in [2.05, 4.69) is 25.7 Å². The monoisotopic (exact) mass is 596 g/mol. The minimum atomic E-state index is -1.24. The van der Waals surface area contributed by atoms with Gasteiger partial charge in [0.25, 0.3) is 11.8 Å². The van der Waals surface area contributed by atoms with Crippen LogP contribution in [0.5, 0.6) is 0 Å². The number of amides is 2. The third kappa shape index (κ3) is 15.2. The van der Waals surface area contributed by atoms with Gasteiger partial charge in [-0.3, -0.25) is 9.59 Å². The Labute approximate surface area is 245 Å². The molecule has 5 N–H and O–H groups in total. The maximum atomic E-state index is 12.2. The number of hydrogen-bond donors (Lipinski definition) is 5. The van der Waals surface area contributed by atoms with Crippen molar-refractivity contribution in [2.24, 2.45) is 0 Å². The lowest BCUT2D eigenvalue weighted by Crippen LogP contribution is -2.50. The maximum Gasteiger partial charge on any atom is 0.270 e. The molecule has 0 radical (unpaired) electrons. The first kappa shape index (κ1) is 37.6. The highest BCUT2D eigenvalue weighted by Crippen LogP contribution is 2.14. The molecule has 0 fully saturated rings. The van der Waals surface area contributed by atoms with Gasteiger partial charge in [0.1, 0.15) is 23.4 Å². The standard InChI is InChI=1S/C17H22N4O4S.C7H6F2.C3H8O.C2H6/c1-10(20-15(24)11-6-4-3-5-7-11)14(23)13(22)8-19-16(25)12-9-26-17(18-2)21-12;1-5-2-6(8)4-7(9)3-5;1-3-4-2;1-2/h3-7,9-10,13-14,22-23H,8H2,1-2H3,(H,18,21)(H,19,25)(H,20,24);2-4H,1H3;3H2,1-2H3;1-2H3. The summed E-state index contributed by atoms with van der Waals surface area (Å²) >= 11 is 1.29. The van der Waals surface area contributed by atoms with E-state index in [4.69, 9.17) is 0 Å². The van der Waals surface area contributed by atoms with E-state index in [0.29, 0.717) is 16.3 Å². The molecule has 0 bridgehead atoms. The quantitative estimate of drug-likeness (QED) is 0.247. The van der Waals surface area contributed by atoms with Crippen LogP contribution in [0.25, 0.3) is 0 Å². The number of nitrogens with zero attached hydrogens (tertiary/aromatic N) is 1. The number of aliphatic hydroxyl groups is 2. The van der Waals surface area contributed by atoms with E-state index in [0.717, 1.165) is 12.7 Å². The minimum absolute atomic E-state index is 0.169. The molecule has 0 saturated heterocycles. The second kappa shape index (κ2) is 21.3. The van der Waals surface area contributed by atoms with Crippen LogP contribution < -0.4 is 16.0 Å². The highest BCUT2D eigenvalue weighted by Gasteiger charge is 2.25. The Hall–Kier alpha value is -3.45. The first-order chi connectivity index (χ1) is 19.5. The summed E-state index contributed by atoms with van der Waals surface area (Å²) in [6.45, 7) is 9.83. The van der Waals surface area contributed by atoms with Crippen molar-refractivity contribution in [2.75, 3.05) is 32.6 Å². The number of aromatic nitrogens is 1. The number of carbonyl (C=O) groups is 2. The number of methoxy groups -OCH3 is 1. The van der Waals surface area contributed by atoms with Crippen LogP contribution in [0.1, 0.15) is 54.1 Å². The number of halogens is 2. The molecule has 0 aliphatic rings. The van der Waals surface area contributed by atoms with Gasteiger partial charge in [0.2, 0.25) is 0 Å². The predicted octanol–water partition coefficient (Wildman–Crippen LogP) is 4.41. The Kier molecular flexibility index (Phi) is 19.5. The highest BCUT2D eigenvalue weighted by molar-refractivity contribution is 7.13. The molecule has 12 heteroatoms. The van der Waals surface area contributed by atoms with E-state index in [1.165, 1.54) is 23.5 Å². The van der Waals surface area contributed by atoms with Crippen LogP contribution in [0.3, 0.4) is 0 Å². The normalized spacial score (nSPS) is 12.0. The number of ether oxygens (including phenoxy) is 1. The number of anilines is 1. The fourth-order valence-corrected chi connectivity index (χ4v) is 3.54. The molecule has 1 heterocycles. The number of thiazole rings is 1. The summed E-state index contributed by atoms with van der Waals surface area (Å²) in [7, 11) is 3.38. The largest absolute Gasteiger partial charge is 0.388 e. The van der Waals surface area contributed by atoms with E-state index in [1.807, 2.05) is 20.8 Å². The molecule has 0 aliphatic carbocycles. The number of rotatable bonds is 9. The summed E-state index contributed by atoms with van der Waals surface area (Å²) in [5, 5.41) is 30.4. The Balaban J connectivity index is 0.000000875. The van der Waals surface area contributed by atoms with Gasteiger partial charge in [-0.1, -0.05) is 32.0 Å². The molecular formula is C29H42F2N4O5S. The van der Waals surface area contributed by atoms with Gasteiger partial charge in [0.15, 0.2) is 5.13 Å². The molecule has 0 saturated carbocycles. The van der Waals surface area contributed by atoms with E-state index in [-0.39, 0.29) is 18.1 Å². The molecule has 2 amide bonds. The van der Waals surface area contributed by atoms with Gasteiger partial charge in [-0.15, -0.1) is 11.3 Å². The molecule has 41 heavy (non-hydrogen) atoms. The summed E-state index contributed by atoms with van der Waals surface area (Å²) in [4.78, 5) is 28.1. The Bertz CT molecular complexity index is 1100. The van der Waals surface area contributed by atoms with E-state index in [1.54, 1.807) is 63.7 Å². The van der Waals surface area contributed by atoms with Gasteiger partial charge < -0.3 is 30.9 Å². The number of carbonyl (C=O) groups excluding carboxylic acids is 2. The minimum Gasteiger partial charge on any atom is -0.388 e. The van der Waals surface area contributed by atoms with E-state index >= 15 is 0 Å². The van der Waals surface area contributed by atoms with Gasteiger partial charge in [-0.2, -0.15) is 0 Å².